The molecule has 0 aromatic heterocycles. The summed E-state index contributed by atoms with van der Waals surface area (Å²) in [5.41, 5.74) is 0.427. The molecule has 6 atom stereocenters. The van der Waals surface area contributed by atoms with Crippen LogP contribution in [-0.4, -0.2) is 31.1 Å². The molecule has 0 N–H and O–H groups in total. The lowest BCUT2D eigenvalue weighted by molar-refractivity contribution is -0.183. The van der Waals surface area contributed by atoms with Gasteiger partial charge in [0.25, 0.3) is 0 Å². The summed E-state index contributed by atoms with van der Waals surface area (Å²) >= 11 is 0. The number of esters is 1. The molecule has 0 aromatic carbocycles. The number of carbonyl (C=O) groups excluding carboxylic acids is 1. The van der Waals surface area contributed by atoms with Crippen LogP contribution in [0.3, 0.4) is 0 Å². The van der Waals surface area contributed by atoms with E-state index < -0.39 is 0 Å². The number of fused-ring (bicyclic) bond motifs is 4. The molecule has 2 heterocycles. The third-order valence-corrected chi connectivity index (χ3v) is 6.61. The average Bonchev–Trinajstić information content (AvgIpc) is 3.19. The maximum Gasteiger partial charge on any atom is 0.314 e. The molecule has 6 unspecified atom stereocenters. The van der Waals surface area contributed by atoms with E-state index in [1.807, 2.05) is 12.2 Å². The highest BCUT2D eigenvalue weighted by Gasteiger charge is 2.60. The number of ether oxygens (including phenoxy) is 3. The number of rotatable bonds is 4. The van der Waals surface area contributed by atoms with Crippen molar-refractivity contribution in [3.8, 4) is 0 Å². The summed E-state index contributed by atoms with van der Waals surface area (Å²) in [4.78, 5) is 12.2. The molecule has 0 aromatic rings. The molecule has 2 aliphatic carbocycles. The fraction of sp³-hybridized carbons (Fsp3) is 0.833. The molecule has 4 nitrogen and oxygen atoms in total. The third-order valence-electron chi connectivity index (χ3n) is 6.61. The quantitative estimate of drug-likeness (QED) is 0.455. The minimum atomic E-state index is -0.178. The van der Waals surface area contributed by atoms with Gasteiger partial charge in [-0.2, -0.15) is 0 Å². The Morgan fingerprint density at radius 3 is 2.73 bits per heavy atom. The highest BCUT2D eigenvalue weighted by atomic mass is 16.7. The van der Waals surface area contributed by atoms with Crippen LogP contribution in [0.5, 0.6) is 0 Å². The van der Waals surface area contributed by atoms with Gasteiger partial charge in [0.1, 0.15) is 0 Å². The third kappa shape index (κ3) is 2.07. The van der Waals surface area contributed by atoms with Crippen molar-refractivity contribution >= 4 is 5.97 Å². The first kappa shape index (κ1) is 14.7. The average molecular weight is 306 g/mol. The van der Waals surface area contributed by atoms with Crippen LogP contribution in [0.15, 0.2) is 12.2 Å². The largest absolute Gasteiger partial charge is 0.438 e. The summed E-state index contributed by atoms with van der Waals surface area (Å²) in [7, 11) is 0. The zero-order valence-corrected chi connectivity index (χ0v) is 13.7. The molecule has 22 heavy (non-hydrogen) atoms. The van der Waals surface area contributed by atoms with Gasteiger partial charge in [0.15, 0.2) is 6.79 Å². The van der Waals surface area contributed by atoms with E-state index in [0.717, 1.165) is 12.3 Å². The Balaban J connectivity index is 1.32. The molecule has 4 heteroatoms. The molecule has 1 saturated heterocycles. The summed E-state index contributed by atoms with van der Waals surface area (Å²) in [6.45, 7) is 6.99. The fourth-order valence-corrected chi connectivity index (χ4v) is 5.44. The lowest BCUT2D eigenvalue weighted by Gasteiger charge is -2.42. The molecular formula is C18H26O4. The van der Waals surface area contributed by atoms with Crippen molar-refractivity contribution in [1.29, 1.82) is 0 Å². The molecule has 122 valence electrons. The van der Waals surface area contributed by atoms with Gasteiger partial charge in [-0.25, -0.2) is 0 Å². The maximum atomic E-state index is 12.2. The molecule has 0 amide bonds. The first-order chi connectivity index (χ1) is 10.4. The van der Waals surface area contributed by atoms with Crippen LogP contribution >= 0.6 is 0 Å². The van der Waals surface area contributed by atoms with Crippen LogP contribution in [0.4, 0.5) is 0 Å². The summed E-state index contributed by atoms with van der Waals surface area (Å²) in [5.74, 6) is 0.410. The van der Waals surface area contributed by atoms with E-state index in [1.165, 1.54) is 19.3 Å². The Bertz CT molecular complexity index is 506. The van der Waals surface area contributed by atoms with Crippen LogP contribution in [0.2, 0.25) is 0 Å². The lowest BCUT2D eigenvalue weighted by atomic mass is 9.70. The number of hydrogen-bond donors (Lipinski definition) is 0. The fourth-order valence-electron chi connectivity index (χ4n) is 5.44. The van der Waals surface area contributed by atoms with Crippen LogP contribution in [0.25, 0.3) is 0 Å². The van der Waals surface area contributed by atoms with E-state index in [2.05, 4.69) is 20.8 Å². The smallest absolute Gasteiger partial charge is 0.314 e. The molecule has 0 radical (unpaired) electrons. The van der Waals surface area contributed by atoms with Crippen LogP contribution in [0.1, 0.15) is 46.5 Å². The van der Waals surface area contributed by atoms with Gasteiger partial charge in [-0.15, -0.1) is 0 Å². The van der Waals surface area contributed by atoms with Crippen molar-refractivity contribution in [2.45, 2.75) is 64.8 Å². The minimum absolute atomic E-state index is 0.0762. The van der Waals surface area contributed by atoms with Crippen molar-refractivity contribution in [3.63, 3.8) is 0 Å². The van der Waals surface area contributed by atoms with Crippen molar-refractivity contribution in [1.82, 2.24) is 0 Å². The molecule has 0 spiro atoms. The summed E-state index contributed by atoms with van der Waals surface area (Å²) in [6.07, 6.45) is 8.72. The normalized spacial score (nSPS) is 47.3. The molecule has 2 aliphatic heterocycles. The van der Waals surface area contributed by atoms with Crippen molar-refractivity contribution in [2.75, 3.05) is 6.79 Å². The molecule has 3 fully saturated rings. The molecule has 4 bridgehead atoms. The Hall–Kier alpha value is -0.870. The van der Waals surface area contributed by atoms with Gasteiger partial charge in [0.05, 0.1) is 24.2 Å². The zero-order valence-electron chi connectivity index (χ0n) is 13.7. The monoisotopic (exact) mass is 306 g/mol. The standard InChI is InChI=1S/C18H26O4/c1-17(2)11-6-7-18(3,9-11)16(17)21-10-20-15(19)13-8-12-4-5-14(13)22-12/h4-5,11-14,16H,6-10H2,1-3H3. The number of hydrogen-bond acceptors (Lipinski definition) is 4. The maximum absolute atomic E-state index is 12.2. The van der Waals surface area contributed by atoms with E-state index in [-0.39, 0.29) is 47.8 Å². The van der Waals surface area contributed by atoms with E-state index >= 15 is 0 Å². The van der Waals surface area contributed by atoms with Crippen molar-refractivity contribution < 1.29 is 19.0 Å². The van der Waals surface area contributed by atoms with Gasteiger partial charge >= 0.3 is 5.97 Å². The zero-order chi connectivity index (χ0) is 15.5. The van der Waals surface area contributed by atoms with Gasteiger partial charge < -0.3 is 14.2 Å². The predicted octanol–water partition coefficient (Wildman–Crippen LogP) is 3.06. The summed E-state index contributed by atoms with van der Waals surface area (Å²) in [6, 6.07) is 0. The van der Waals surface area contributed by atoms with E-state index in [4.69, 9.17) is 14.2 Å². The highest BCUT2D eigenvalue weighted by Crippen LogP contribution is 2.63. The minimum Gasteiger partial charge on any atom is -0.438 e. The van der Waals surface area contributed by atoms with Gasteiger partial charge in [-0.05, 0) is 42.4 Å². The molecule has 4 aliphatic rings. The second kappa shape index (κ2) is 4.81. The second-order valence-electron chi connectivity index (χ2n) is 8.41. The summed E-state index contributed by atoms with van der Waals surface area (Å²) in [5, 5.41) is 0. The number of carbonyl (C=O) groups is 1. The Labute approximate surface area is 132 Å². The van der Waals surface area contributed by atoms with E-state index in [1.54, 1.807) is 0 Å². The van der Waals surface area contributed by atoms with Gasteiger partial charge in [-0.1, -0.05) is 32.9 Å². The SMILES string of the molecule is CC12CCC(C1)C(C)(C)C2OCOC(=O)C1CC2C=CC1O2. The first-order valence-electron chi connectivity index (χ1n) is 8.52. The summed E-state index contributed by atoms with van der Waals surface area (Å²) < 4.78 is 17.1. The molecular weight excluding hydrogens is 280 g/mol. The van der Waals surface area contributed by atoms with Gasteiger partial charge in [0, 0.05) is 0 Å². The Morgan fingerprint density at radius 2 is 2.14 bits per heavy atom. The molecule has 4 rings (SSSR count). The van der Waals surface area contributed by atoms with Crippen molar-refractivity contribution in [2.24, 2.45) is 22.7 Å². The topological polar surface area (TPSA) is 44.8 Å². The van der Waals surface area contributed by atoms with Crippen molar-refractivity contribution in [3.05, 3.63) is 12.2 Å². The predicted molar refractivity (Wildman–Crippen MR) is 81.0 cm³/mol. The van der Waals surface area contributed by atoms with Gasteiger partial charge in [-0.3, -0.25) is 4.79 Å². The molecule has 2 saturated carbocycles. The van der Waals surface area contributed by atoms with Gasteiger partial charge in [0.2, 0.25) is 0 Å². The van der Waals surface area contributed by atoms with Crippen LogP contribution in [0, 0.1) is 22.7 Å². The highest BCUT2D eigenvalue weighted by molar-refractivity contribution is 5.74. The van der Waals surface area contributed by atoms with Crippen LogP contribution < -0.4 is 0 Å². The lowest BCUT2D eigenvalue weighted by Crippen LogP contribution is -2.43. The Morgan fingerprint density at radius 1 is 1.32 bits per heavy atom. The second-order valence-corrected chi connectivity index (χ2v) is 8.41. The van der Waals surface area contributed by atoms with E-state index in [9.17, 15) is 4.79 Å². The van der Waals surface area contributed by atoms with E-state index in [0.29, 0.717) is 0 Å². The first-order valence-corrected chi connectivity index (χ1v) is 8.52. The Kier molecular flexibility index (Phi) is 3.22. The van der Waals surface area contributed by atoms with Crippen LogP contribution in [-0.2, 0) is 19.0 Å².